The van der Waals surface area contributed by atoms with E-state index in [1.807, 2.05) is 30.5 Å². The molecule has 0 unspecified atom stereocenters. The van der Waals surface area contributed by atoms with Crippen molar-refractivity contribution in [3.63, 3.8) is 0 Å². The largest absolute Gasteiger partial charge is 0.383 e. The molecule has 1 heterocycles. The summed E-state index contributed by atoms with van der Waals surface area (Å²) in [5, 5.41) is 0. The van der Waals surface area contributed by atoms with E-state index in [1.165, 1.54) is 16.9 Å². The minimum absolute atomic E-state index is 0.209. The molecule has 3 aromatic rings. The van der Waals surface area contributed by atoms with Crippen molar-refractivity contribution in [1.29, 1.82) is 0 Å². The predicted molar refractivity (Wildman–Crippen MR) is 105 cm³/mol. The highest BCUT2D eigenvalue weighted by atomic mass is 32.2. The van der Waals surface area contributed by atoms with Crippen molar-refractivity contribution in [2.45, 2.75) is 18.4 Å². The lowest BCUT2D eigenvalue weighted by molar-refractivity contribution is 0.0994. The van der Waals surface area contributed by atoms with Crippen LogP contribution in [0.15, 0.2) is 52.4 Å². The van der Waals surface area contributed by atoms with E-state index in [0.717, 1.165) is 15.1 Å². The van der Waals surface area contributed by atoms with Crippen LogP contribution in [-0.4, -0.2) is 30.4 Å². The third-order valence-electron chi connectivity index (χ3n) is 3.89. The molecule has 2 aromatic carbocycles. The van der Waals surface area contributed by atoms with Crippen LogP contribution >= 0.6 is 23.1 Å². The van der Waals surface area contributed by atoms with Crippen LogP contribution in [0.1, 0.15) is 15.9 Å². The molecule has 0 saturated carbocycles. The number of thiazole rings is 1. The molecular formula is C19H20N2O2S2. The molecule has 1 amide bonds. The van der Waals surface area contributed by atoms with Gasteiger partial charge < -0.3 is 9.30 Å². The lowest BCUT2D eigenvalue weighted by Crippen LogP contribution is -2.19. The summed E-state index contributed by atoms with van der Waals surface area (Å²) < 4.78 is 8.41. The van der Waals surface area contributed by atoms with Crippen LogP contribution in [0.4, 0.5) is 0 Å². The van der Waals surface area contributed by atoms with E-state index in [1.54, 1.807) is 18.9 Å². The highest BCUT2D eigenvalue weighted by Gasteiger charge is 2.12. The summed E-state index contributed by atoms with van der Waals surface area (Å²) in [5.41, 5.74) is 2.91. The van der Waals surface area contributed by atoms with Crippen molar-refractivity contribution < 1.29 is 9.53 Å². The van der Waals surface area contributed by atoms with E-state index in [4.69, 9.17) is 4.74 Å². The molecule has 1 aromatic heterocycles. The van der Waals surface area contributed by atoms with Crippen molar-refractivity contribution in [3.05, 3.63) is 58.4 Å². The van der Waals surface area contributed by atoms with Crippen molar-refractivity contribution in [2.75, 3.05) is 20.0 Å². The number of hydrogen-bond acceptors (Lipinski definition) is 4. The summed E-state index contributed by atoms with van der Waals surface area (Å²) in [5.74, 6) is -0.209. The summed E-state index contributed by atoms with van der Waals surface area (Å²) in [4.78, 5) is 18.8. The van der Waals surface area contributed by atoms with Gasteiger partial charge in [0.25, 0.3) is 5.91 Å². The Morgan fingerprint density at radius 2 is 2.08 bits per heavy atom. The molecule has 0 aliphatic rings. The fourth-order valence-corrected chi connectivity index (χ4v) is 4.38. The summed E-state index contributed by atoms with van der Waals surface area (Å²) in [6.45, 7) is 3.30. The van der Waals surface area contributed by atoms with E-state index in [2.05, 4.69) is 34.7 Å². The van der Waals surface area contributed by atoms with Gasteiger partial charge in [-0.2, -0.15) is 4.99 Å². The number of benzene rings is 2. The summed E-state index contributed by atoms with van der Waals surface area (Å²) in [6, 6.07) is 13.9. The minimum atomic E-state index is -0.209. The van der Waals surface area contributed by atoms with Gasteiger partial charge in [-0.1, -0.05) is 29.5 Å². The average molecular weight is 373 g/mol. The van der Waals surface area contributed by atoms with Crippen molar-refractivity contribution in [2.24, 2.45) is 4.99 Å². The van der Waals surface area contributed by atoms with Gasteiger partial charge in [0.05, 0.1) is 22.4 Å². The summed E-state index contributed by atoms with van der Waals surface area (Å²) >= 11 is 3.09. The highest BCUT2D eigenvalue weighted by molar-refractivity contribution is 7.98. The normalized spacial score (nSPS) is 12.0. The standard InChI is InChI=1S/C19H20N2O2S2/c1-13-8-9-15-17(12-13)25-19(21(15)10-11-23-2)20-18(22)14-6-4-5-7-16(14)24-3/h4-9,12H,10-11H2,1-3H3. The van der Waals surface area contributed by atoms with E-state index in [-0.39, 0.29) is 5.91 Å². The molecular weight excluding hydrogens is 352 g/mol. The first-order valence-corrected chi connectivity index (χ1v) is 9.99. The van der Waals surface area contributed by atoms with Crippen LogP contribution in [0.3, 0.4) is 0 Å². The molecule has 130 valence electrons. The van der Waals surface area contributed by atoms with Gasteiger partial charge in [0.15, 0.2) is 4.80 Å². The first-order chi connectivity index (χ1) is 12.1. The second kappa shape index (κ2) is 7.99. The molecule has 3 rings (SSSR count). The second-order valence-corrected chi connectivity index (χ2v) is 7.47. The molecule has 0 radical (unpaired) electrons. The van der Waals surface area contributed by atoms with Crippen LogP contribution in [0.2, 0.25) is 0 Å². The quantitative estimate of drug-likeness (QED) is 0.633. The molecule has 0 bridgehead atoms. The van der Waals surface area contributed by atoms with Gasteiger partial charge in [-0.05, 0) is 43.0 Å². The van der Waals surface area contributed by atoms with E-state index in [0.29, 0.717) is 23.5 Å². The number of nitrogens with zero attached hydrogens (tertiary/aromatic N) is 2. The zero-order chi connectivity index (χ0) is 17.8. The Bertz CT molecular complexity index is 973. The third-order valence-corrected chi connectivity index (χ3v) is 5.73. The number of amides is 1. The lowest BCUT2D eigenvalue weighted by Gasteiger charge is -2.05. The molecule has 25 heavy (non-hydrogen) atoms. The highest BCUT2D eigenvalue weighted by Crippen LogP contribution is 2.22. The number of aryl methyl sites for hydroxylation is 1. The Balaban J connectivity index is 2.12. The van der Waals surface area contributed by atoms with E-state index in [9.17, 15) is 4.79 Å². The molecule has 4 nitrogen and oxygen atoms in total. The molecule has 0 saturated heterocycles. The molecule has 0 aliphatic carbocycles. The number of fused-ring (bicyclic) bond motifs is 1. The zero-order valence-electron chi connectivity index (χ0n) is 14.5. The van der Waals surface area contributed by atoms with Crippen molar-refractivity contribution in [3.8, 4) is 0 Å². The molecule has 0 spiro atoms. The van der Waals surface area contributed by atoms with E-state index >= 15 is 0 Å². The number of carbonyl (C=O) groups is 1. The number of methoxy groups -OCH3 is 1. The van der Waals surface area contributed by atoms with Crippen molar-refractivity contribution in [1.82, 2.24) is 4.57 Å². The Hall–Kier alpha value is -1.89. The lowest BCUT2D eigenvalue weighted by atomic mass is 10.2. The monoisotopic (exact) mass is 372 g/mol. The van der Waals surface area contributed by atoms with Gasteiger partial charge in [-0.3, -0.25) is 4.79 Å². The first-order valence-electron chi connectivity index (χ1n) is 7.95. The van der Waals surface area contributed by atoms with Crippen LogP contribution in [-0.2, 0) is 11.3 Å². The predicted octanol–water partition coefficient (Wildman–Crippen LogP) is 4.12. The Labute approximate surface area is 155 Å². The number of ether oxygens (including phenoxy) is 1. The fourth-order valence-electron chi connectivity index (χ4n) is 2.63. The van der Waals surface area contributed by atoms with Gasteiger partial charge in [-0.25, -0.2) is 0 Å². The fraction of sp³-hybridized carbons (Fsp3) is 0.263. The summed E-state index contributed by atoms with van der Waals surface area (Å²) in [6.07, 6.45) is 1.97. The SMILES string of the molecule is COCCn1c(=NC(=O)c2ccccc2SC)sc2cc(C)ccc21. The number of carbonyl (C=O) groups excluding carboxylic acids is 1. The van der Waals surface area contributed by atoms with Gasteiger partial charge in [-0.15, -0.1) is 11.8 Å². The summed E-state index contributed by atoms with van der Waals surface area (Å²) in [7, 11) is 1.68. The average Bonchev–Trinajstić information content (AvgIpc) is 2.95. The van der Waals surface area contributed by atoms with Gasteiger partial charge in [0.2, 0.25) is 0 Å². The molecule has 0 fully saturated rings. The molecule has 0 N–H and O–H groups in total. The Morgan fingerprint density at radius 3 is 2.84 bits per heavy atom. The van der Waals surface area contributed by atoms with Gasteiger partial charge in [0, 0.05) is 18.6 Å². The number of aromatic nitrogens is 1. The Kier molecular flexibility index (Phi) is 5.73. The molecule has 6 heteroatoms. The first kappa shape index (κ1) is 17.9. The zero-order valence-corrected chi connectivity index (χ0v) is 16.1. The minimum Gasteiger partial charge on any atom is -0.383 e. The molecule has 0 aliphatic heterocycles. The number of thioether (sulfide) groups is 1. The number of hydrogen-bond donors (Lipinski definition) is 0. The smallest absolute Gasteiger partial charge is 0.280 e. The van der Waals surface area contributed by atoms with Gasteiger partial charge in [0.1, 0.15) is 0 Å². The number of rotatable bonds is 5. The van der Waals surface area contributed by atoms with Gasteiger partial charge >= 0.3 is 0 Å². The van der Waals surface area contributed by atoms with Crippen LogP contribution in [0, 0.1) is 6.92 Å². The maximum absolute atomic E-state index is 12.7. The van der Waals surface area contributed by atoms with Crippen LogP contribution in [0.25, 0.3) is 10.2 Å². The topological polar surface area (TPSA) is 43.6 Å². The van der Waals surface area contributed by atoms with E-state index < -0.39 is 0 Å². The Morgan fingerprint density at radius 1 is 1.28 bits per heavy atom. The maximum atomic E-state index is 12.7. The van der Waals surface area contributed by atoms with Crippen molar-refractivity contribution >= 4 is 39.2 Å². The van der Waals surface area contributed by atoms with Crippen LogP contribution in [0.5, 0.6) is 0 Å². The third kappa shape index (κ3) is 3.86. The van der Waals surface area contributed by atoms with Crippen LogP contribution < -0.4 is 4.80 Å². The molecule has 0 atom stereocenters. The maximum Gasteiger partial charge on any atom is 0.280 e. The second-order valence-electron chi connectivity index (χ2n) is 5.62.